The van der Waals surface area contributed by atoms with E-state index in [1.54, 1.807) is 16.4 Å². The fraction of sp³-hybridized carbons (Fsp3) is 0.909. The lowest BCUT2D eigenvalue weighted by Gasteiger charge is -2.35. The number of aliphatic hydroxyl groups excluding tert-OH is 1. The van der Waals surface area contributed by atoms with Gasteiger partial charge >= 0.3 is 0 Å². The predicted molar refractivity (Wildman–Crippen MR) is 72.1 cm³/mol. The summed E-state index contributed by atoms with van der Waals surface area (Å²) in [5.74, 6) is 0.828. The first-order valence-corrected chi connectivity index (χ1v) is 7.54. The fourth-order valence-corrected chi connectivity index (χ4v) is 2.92. The summed E-state index contributed by atoms with van der Waals surface area (Å²) in [6, 6.07) is 0.552. The van der Waals surface area contributed by atoms with Crippen molar-refractivity contribution >= 4 is 11.8 Å². The molecule has 1 aromatic rings. The molecule has 0 saturated carbocycles. The predicted octanol–water partition coefficient (Wildman–Crippen LogP) is -0.133. The monoisotopic (exact) mass is 287 g/mol. The number of rotatable bonds is 6. The first-order valence-electron chi connectivity index (χ1n) is 6.56. The van der Waals surface area contributed by atoms with Gasteiger partial charge in [0, 0.05) is 24.9 Å². The van der Waals surface area contributed by atoms with Gasteiger partial charge in [0.1, 0.15) is 0 Å². The molecule has 1 aromatic heterocycles. The van der Waals surface area contributed by atoms with Gasteiger partial charge in [0.05, 0.1) is 25.9 Å². The van der Waals surface area contributed by atoms with Crippen LogP contribution in [0.2, 0.25) is 0 Å². The molecule has 2 heterocycles. The summed E-state index contributed by atoms with van der Waals surface area (Å²) in [7, 11) is 0. The van der Waals surface area contributed by atoms with Crippen molar-refractivity contribution in [3.8, 4) is 0 Å². The Morgan fingerprint density at radius 3 is 3.11 bits per heavy atom. The van der Waals surface area contributed by atoms with Gasteiger partial charge in [0.15, 0.2) is 0 Å². The zero-order valence-corrected chi connectivity index (χ0v) is 12.2. The molecule has 0 radical (unpaired) electrons. The first kappa shape index (κ1) is 14.7. The molecule has 7 nitrogen and oxygen atoms in total. The number of tetrazole rings is 1. The maximum atomic E-state index is 8.92. The van der Waals surface area contributed by atoms with Gasteiger partial charge in [-0.1, -0.05) is 11.8 Å². The average molecular weight is 287 g/mol. The van der Waals surface area contributed by atoms with E-state index < -0.39 is 0 Å². The molecule has 1 fully saturated rings. The van der Waals surface area contributed by atoms with Crippen LogP contribution in [0.25, 0.3) is 0 Å². The molecule has 19 heavy (non-hydrogen) atoms. The molecule has 1 aliphatic heterocycles. The van der Waals surface area contributed by atoms with Crippen molar-refractivity contribution < 1.29 is 9.84 Å². The third-order valence-electron chi connectivity index (χ3n) is 3.11. The van der Waals surface area contributed by atoms with Crippen LogP contribution in [-0.2, 0) is 11.3 Å². The molecule has 1 aliphatic rings. The summed E-state index contributed by atoms with van der Waals surface area (Å²) < 4.78 is 7.39. The third kappa shape index (κ3) is 4.13. The van der Waals surface area contributed by atoms with E-state index in [2.05, 4.69) is 34.3 Å². The van der Waals surface area contributed by atoms with Gasteiger partial charge in [-0.15, -0.1) is 5.10 Å². The van der Waals surface area contributed by atoms with Gasteiger partial charge in [-0.3, -0.25) is 4.90 Å². The molecule has 1 unspecified atom stereocenters. The normalized spacial score (nSPS) is 21.2. The van der Waals surface area contributed by atoms with Crippen LogP contribution in [-0.4, -0.2) is 74.4 Å². The highest BCUT2D eigenvalue weighted by Crippen LogP contribution is 2.19. The topological polar surface area (TPSA) is 76.3 Å². The average Bonchev–Trinajstić information content (AvgIpc) is 2.85. The van der Waals surface area contributed by atoms with Crippen LogP contribution in [0, 0.1) is 0 Å². The smallest absolute Gasteiger partial charge is 0.209 e. The Labute approximate surface area is 117 Å². The number of ether oxygens (including phenoxy) is 1. The molecular weight excluding hydrogens is 266 g/mol. The second-order valence-electron chi connectivity index (χ2n) is 4.80. The summed E-state index contributed by atoms with van der Waals surface area (Å²) in [5, 5.41) is 21.1. The molecule has 1 atom stereocenters. The van der Waals surface area contributed by atoms with E-state index in [-0.39, 0.29) is 12.7 Å². The molecular formula is C11H21N5O2S. The first-order chi connectivity index (χ1) is 9.20. The van der Waals surface area contributed by atoms with E-state index in [9.17, 15) is 0 Å². The van der Waals surface area contributed by atoms with Gasteiger partial charge in [0.25, 0.3) is 0 Å². The Morgan fingerprint density at radius 1 is 1.53 bits per heavy atom. The van der Waals surface area contributed by atoms with Gasteiger partial charge < -0.3 is 9.84 Å². The van der Waals surface area contributed by atoms with Crippen LogP contribution >= 0.6 is 11.8 Å². The second kappa shape index (κ2) is 7.18. The summed E-state index contributed by atoms with van der Waals surface area (Å²) in [6.45, 7) is 7.62. The summed E-state index contributed by atoms with van der Waals surface area (Å²) in [6.07, 6.45) is 0.209. The molecule has 1 N–H and O–H groups in total. The zero-order valence-electron chi connectivity index (χ0n) is 11.4. The highest BCUT2D eigenvalue weighted by Gasteiger charge is 2.23. The van der Waals surface area contributed by atoms with Crippen molar-refractivity contribution in [1.82, 2.24) is 25.1 Å². The quantitative estimate of drug-likeness (QED) is 0.730. The van der Waals surface area contributed by atoms with E-state index in [0.29, 0.717) is 12.6 Å². The van der Waals surface area contributed by atoms with Crippen molar-refractivity contribution in [2.45, 2.75) is 37.7 Å². The Morgan fingerprint density at radius 2 is 2.37 bits per heavy atom. The molecule has 0 bridgehead atoms. The largest absolute Gasteiger partial charge is 0.394 e. The number of hydrogen-bond acceptors (Lipinski definition) is 7. The minimum Gasteiger partial charge on any atom is -0.394 e. The van der Waals surface area contributed by atoms with E-state index >= 15 is 0 Å². The number of hydrogen-bond donors (Lipinski definition) is 1. The Balaban J connectivity index is 1.82. The number of morpholine rings is 1. The third-order valence-corrected chi connectivity index (χ3v) is 4.20. The van der Waals surface area contributed by atoms with Crippen LogP contribution < -0.4 is 0 Å². The lowest BCUT2D eigenvalue weighted by Crippen LogP contribution is -2.46. The number of thioether (sulfide) groups is 1. The molecule has 0 amide bonds. The number of aromatic nitrogens is 4. The van der Waals surface area contributed by atoms with Crippen molar-refractivity contribution in [3.63, 3.8) is 0 Å². The van der Waals surface area contributed by atoms with E-state index in [4.69, 9.17) is 9.84 Å². The summed E-state index contributed by atoms with van der Waals surface area (Å²) >= 11 is 1.58. The highest BCUT2D eigenvalue weighted by molar-refractivity contribution is 7.99. The van der Waals surface area contributed by atoms with Crippen LogP contribution in [0.4, 0.5) is 0 Å². The lowest BCUT2D eigenvalue weighted by molar-refractivity contribution is -0.0265. The van der Waals surface area contributed by atoms with Crippen molar-refractivity contribution in [2.75, 3.05) is 32.1 Å². The van der Waals surface area contributed by atoms with E-state index in [0.717, 1.165) is 30.6 Å². The maximum absolute atomic E-state index is 8.92. The van der Waals surface area contributed by atoms with Crippen LogP contribution in [0.15, 0.2) is 5.16 Å². The standard InChI is InChI=1S/C11H21N5O2S/c1-9(2)15-4-6-18-10(7-15)8-19-11-12-13-14-16(11)3-5-17/h9-10,17H,3-8H2,1-2H3. The summed E-state index contributed by atoms with van der Waals surface area (Å²) in [5.41, 5.74) is 0. The lowest BCUT2D eigenvalue weighted by atomic mass is 10.2. The molecule has 0 aliphatic carbocycles. The highest BCUT2D eigenvalue weighted by atomic mass is 32.2. The van der Waals surface area contributed by atoms with Gasteiger partial charge in [0.2, 0.25) is 5.16 Å². The molecule has 0 aromatic carbocycles. The molecule has 8 heteroatoms. The van der Waals surface area contributed by atoms with E-state index in [1.807, 2.05) is 0 Å². The number of nitrogens with zero attached hydrogens (tertiary/aromatic N) is 5. The second-order valence-corrected chi connectivity index (χ2v) is 5.79. The summed E-state index contributed by atoms with van der Waals surface area (Å²) in [4.78, 5) is 2.42. The Hall–Kier alpha value is -0.700. The maximum Gasteiger partial charge on any atom is 0.209 e. The Kier molecular flexibility index (Phi) is 5.56. The minimum absolute atomic E-state index is 0.0413. The molecule has 0 spiro atoms. The van der Waals surface area contributed by atoms with Crippen molar-refractivity contribution in [1.29, 1.82) is 0 Å². The van der Waals surface area contributed by atoms with Gasteiger partial charge in [-0.05, 0) is 24.3 Å². The minimum atomic E-state index is 0.0413. The van der Waals surface area contributed by atoms with Gasteiger partial charge in [-0.2, -0.15) is 0 Å². The molecule has 108 valence electrons. The van der Waals surface area contributed by atoms with Crippen LogP contribution in [0.3, 0.4) is 0 Å². The SMILES string of the molecule is CC(C)N1CCOC(CSc2nnnn2CCO)C1. The van der Waals surface area contributed by atoms with E-state index in [1.165, 1.54) is 0 Å². The molecule has 2 rings (SSSR count). The van der Waals surface area contributed by atoms with Crippen molar-refractivity contribution in [3.05, 3.63) is 0 Å². The number of aliphatic hydroxyl groups is 1. The molecule has 1 saturated heterocycles. The van der Waals surface area contributed by atoms with Gasteiger partial charge in [-0.25, -0.2) is 4.68 Å². The Bertz CT molecular complexity index is 387. The van der Waals surface area contributed by atoms with Crippen LogP contribution in [0.1, 0.15) is 13.8 Å². The van der Waals surface area contributed by atoms with Crippen molar-refractivity contribution in [2.24, 2.45) is 0 Å². The van der Waals surface area contributed by atoms with Crippen LogP contribution in [0.5, 0.6) is 0 Å². The zero-order chi connectivity index (χ0) is 13.7. The fourth-order valence-electron chi connectivity index (χ4n) is 2.01.